The lowest BCUT2D eigenvalue weighted by atomic mass is 9.65. The molecule has 0 bridgehead atoms. The van der Waals surface area contributed by atoms with Crippen molar-refractivity contribution in [2.24, 2.45) is 0 Å². The zero-order valence-corrected chi connectivity index (χ0v) is 15.0. The summed E-state index contributed by atoms with van der Waals surface area (Å²) >= 11 is 0. The Balaban J connectivity index is 1.98. The van der Waals surface area contributed by atoms with Crippen molar-refractivity contribution in [3.63, 3.8) is 0 Å². The summed E-state index contributed by atoms with van der Waals surface area (Å²) in [7, 11) is 1.44. The summed E-state index contributed by atoms with van der Waals surface area (Å²) in [6.45, 7) is 0. The van der Waals surface area contributed by atoms with Crippen LogP contribution in [0.1, 0.15) is 53.9 Å². The smallest absolute Gasteiger partial charge is 0.315 e. The van der Waals surface area contributed by atoms with E-state index >= 15 is 0 Å². The van der Waals surface area contributed by atoms with E-state index in [4.69, 9.17) is 4.74 Å². The molecule has 1 unspecified atom stereocenters. The number of hydrogen-bond acceptors (Lipinski definition) is 3. The highest BCUT2D eigenvalue weighted by atomic mass is 16.5. The molecule has 1 saturated carbocycles. The normalized spacial score (nSPS) is 21.3. The highest BCUT2D eigenvalue weighted by Crippen LogP contribution is 2.51. The van der Waals surface area contributed by atoms with Crippen LogP contribution in [-0.4, -0.2) is 24.5 Å². The predicted molar refractivity (Wildman–Crippen MR) is 100 cm³/mol. The summed E-state index contributed by atoms with van der Waals surface area (Å²) in [6, 6.07) is 17.2. The van der Waals surface area contributed by atoms with E-state index in [0.717, 1.165) is 43.4 Å². The molecule has 4 rings (SSSR count). The van der Waals surface area contributed by atoms with Crippen LogP contribution < -0.4 is 4.90 Å². The van der Waals surface area contributed by atoms with E-state index in [0.29, 0.717) is 5.56 Å². The van der Waals surface area contributed by atoms with E-state index < -0.39 is 11.5 Å². The lowest BCUT2D eigenvalue weighted by Gasteiger charge is -2.53. The quantitative estimate of drug-likeness (QED) is 0.759. The molecule has 2 aromatic rings. The monoisotopic (exact) mass is 349 g/mol. The molecule has 26 heavy (non-hydrogen) atoms. The molecule has 0 saturated heterocycles. The number of methoxy groups -OCH3 is 1. The Morgan fingerprint density at radius 2 is 1.65 bits per heavy atom. The van der Waals surface area contributed by atoms with Gasteiger partial charge < -0.3 is 9.64 Å². The maximum absolute atomic E-state index is 13.5. The van der Waals surface area contributed by atoms with Crippen LogP contribution in [-0.2, 0) is 9.53 Å². The highest BCUT2D eigenvalue weighted by Gasteiger charge is 2.55. The van der Waals surface area contributed by atoms with E-state index in [9.17, 15) is 9.59 Å². The minimum absolute atomic E-state index is 0.0196. The Morgan fingerprint density at radius 1 is 1.00 bits per heavy atom. The third-order valence-electron chi connectivity index (χ3n) is 5.86. The Hall–Kier alpha value is -2.62. The molecule has 4 nitrogen and oxygen atoms in total. The first-order valence-corrected chi connectivity index (χ1v) is 9.25. The molecule has 0 radical (unpaired) electrons. The van der Waals surface area contributed by atoms with Crippen molar-refractivity contribution in [1.29, 1.82) is 0 Å². The van der Waals surface area contributed by atoms with Crippen molar-refractivity contribution in [2.75, 3.05) is 12.0 Å². The number of carbonyl (C=O) groups excluding carboxylic acids is 2. The Labute approximate surface area is 153 Å². The van der Waals surface area contributed by atoms with Gasteiger partial charge in [-0.15, -0.1) is 0 Å². The van der Waals surface area contributed by atoms with Crippen LogP contribution in [0.3, 0.4) is 0 Å². The molecule has 1 heterocycles. The van der Waals surface area contributed by atoms with Crippen LogP contribution in [0.4, 0.5) is 5.69 Å². The van der Waals surface area contributed by atoms with Gasteiger partial charge in [-0.2, -0.15) is 0 Å². The molecule has 0 N–H and O–H groups in total. The molecule has 1 amide bonds. The van der Waals surface area contributed by atoms with Gasteiger partial charge in [0.2, 0.25) is 0 Å². The van der Waals surface area contributed by atoms with Gasteiger partial charge in [0.15, 0.2) is 0 Å². The van der Waals surface area contributed by atoms with E-state index in [1.54, 1.807) is 0 Å². The number of para-hydroxylation sites is 1. The number of carbonyl (C=O) groups is 2. The van der Waals surface area contributed by atoms with Gasteiger partial charge in [0.25, 0.3) is 5.91 Å². The van der Waals surface area contributed by atoms with Crippen LogP contribution in [0.2, 0.25) is 0 Å². The van der Waals surface area contributed by atoms with Crippen molar-refractivity contribution < 1.29 is 14.3 Å². The summed E-state index contributed by atoms with van der Waals surface area (Å²) in [6.07, 6.45) is 4.76. The van der Waals surface area contributed by atoms with Crippen LogP contribution >= 0.6 is 0 Å². The van der Waals surface area contributed by atoms with Gasteiger partial charge in [-0.05, 0) is 36.6 Å². The molecule has 2 aromatic carbocycles. The summed E-state index contributed by atoms with van der Waals surface area (Å²) < 4.78 is 5.22. The second kappa shape index (κ2) is 6.60. The van der Waals surface area contributed by atoms with E-state index in [1.807, 2.05) is 59.5 Å². The second-order valence-corrected chi connectivity index (χ2v) is 7.18. The van der Waals surface area contributed by atoms with Gasteiger partial charge in [-0.1, -0.05) is 55.7 Å². The number of ether oxygens (including phenoxy) is 1. The molecule has 1 fully saturated rings. The molecule has 4 heteroatoms. The lowest BCUT2D eigenvalue weighted by molar-refractivity contribution is -0.144. The SMILES string of the molecule is COC(=O)C1c2ccccc2C(=O)N(c2ccccc2)C12CCCCC2. The highest BCUT2D eigenvalue weighted by molar-refractivity contribution is 6.11. The van der Waals surface area contributed by atoms with E-state index in [-0.39, 0.29) is 11.9 Å². The fourth-order valence-electron chi connectivity index (χ4n) is 4.78. The Bertz CT molecular complexity index is 824. The van der Waals surface area contributed by atoms with Gasteiger partial charge in [-0.25, -0.2) is 0 Å². The molecular formula is C22H23NO3. The van der Waals surface area contributed by atoms with Gasteiger partial charge >= 0.3 is 5.97 Å². The largest absolute Gasteiger partial charge is 0.468 e. The number of amides is 1. The standard InChI is InChI=1S/C22H23NO3/c1-26-21(25)19-17-12-6-7-13-18(17)20(24)23(16-10-4-2-5-11-16)22(19)14-8-3-9-15-22/h2,4-7,10-13,19H,3,8-9,14-15H2,1H3. The van der Waals surface area contributed by atoms with Gasteiger partial charge in [0.05, 0.1) is 12.6 Å². The van der Waals surface area contributed by atoms with Crippen molar-refractivity contribution in [1.82, 2.24) is 0 Å². The average Bonchev–Trinajstić information content (AvgIpc) is 2.69. The van der Waals surface area contributed by atoms with Gasteiger partial charge in [0.1, 0.15) is 5.92 Å². The van der Waals surface area contributed by atoms with Crippen LogP contribution in [0.25, 0.3) is 0 Å². The minimum atomic E-state index is -0.557. The predicted octanol–water partition coefficient (Wildman–Crippen LogP) is 4.31. The number of nitrogens with zero attached hydrogens (tertiary/aromatic N) is 1. The van der Waals surface area contributed by atoms with E-state index in [2.05, 4.69) is 0 Å². The molecule has 1 spiro atoms. The first-order chi connectivity index (χ1) is 12.7. The van der Waals surface area contributed by atoms with Crippen LogP contribution in [0.5, 0.6) is 0 Å². The molecule has 1 atom stereocenters. The molecule has 2 aliphatic rings. The van der Waals surface area contributed by atoms with Crippen molar-refractivity contribution in [3.8, 4) is 0 Å². The number of esters is 1. The summed E-state index contributed by atoms with van der Waals surface area (Å²) in [5.41, 5.74) is 1.70. The summed E-state index contributed by atoms with van der Waals surface area (Å²) in [5, 5.41) is 0. The lowest BCUT2D eigenvalue weighted by Crippen LogP contribution is -2.62. The van der Waals surface area contributed by atoms with Crippen LogP contribution in [0.15, 0.2) is 54.6 Å². The zero-order chi connectivity index (χ0) is 18.1. The summed E-state index contributed by atoms with van der Waals surface area (Å²) in [5.74, 6) is -0.733. The third kappa shape index (κ3) is 2.44. The minimum Gasteiger partial charge on any atom is -0.468 e. The number of fused-ring (bicyclic) bond motifs is 1. The zero-order valence-electron chi connectivity index (χ0n) is 15.0. The van der Waals surface area contributed by atoms with Crippen molar-refractivity contribution >= 4 is 17.6 Å². The van der Waals surface area contributed by atoms with Crippen molar-refractivity contribution in [3.05, 3.63) is 65.7 Å². The molecule has 134 valence electrons. The Kier molecular flexibility index (Phi) is 4.27. The first kappa shape index (κ1) is 16.8. The second-order valence-electron chi connectivity index (χ2n) is 7.18. The fourth-order valence-corrected chi connectivity index (χ4v) is 4.78. The summed E-state index contributed by atoms with van der Waals surface area (Å²) in [4.78, 5) is 28.3. The Morgan fingerprint density at radius 3 is 2.35 bits per heavy atom. The maximum atomic E-state index is 13.5. The van der Waals surface area contributed by atoms with Crippen LogP contribution in [0, 0.1) is 0 Å². The maximum Gasteiger partial charge on any atom is 0.315 e. The topological polar surface area (TPSA) is 46.6 Å². The molecule has 1 aliphatic heterocycles. The number of benzene rings is 2. The van der Waals surface area contributed by atoms with Crippen molar-refractivity contribution in [2.45, 2.75) is 43.6 Å². The number of anilines is 1. The first-order valence-electron chi connectivity index (χ1n) is 9.25. The number of rotatable bonds is 2. The molecular weight excluding hydrogens is 326 g/mol. The molecule has 0 aromatic heterocycles. The number of hydrogen-bond donors (Lipinski definition) is 0. The van der Waals surface area contributed by atoms with Gasteiger partial charge in [0, 0.05) is 11.3 Å². The van der Waals surface area contributed by atoms with E-state index in [1.165, 1.54) is 7.11 Å². The van der Waals surface area contributed by atoms with Gasteiger partial charge in [-0.3, -0.25) is 9.59 Å². The third-order valence-corrected chi connectivity index (χ3v) is 5.86. The fraction of sp³-hybridized carbons (Fsp3) is 0.364. The molecule has 1 aliphatic carbocycles. The average molecular weight is 349 g/mol.